The fourth-order valence-electron chi connectivity index (χ4n) is 1.71. The lowest BCUT2D eigenvalue weighted by Crippen LogP contribution is -2.09. The number of nitrogens with one attached hydrogen (secondary N) is 1. The summed E-state index contributed by atoms with van der Waals surface area (Å²) in [5.74, 6) is -1.96. The quantitative estimate of drug-likeness (QED) is 0.844. The molecule has 0 atom stereocenters. The van der Waals surface area contributed by atoms with Gasteiger partial charge in [0.1, 0.15) is 11.6 Å². The molecule has 0 fully saturated rings. The molecule has 0 unspecified atom stereocenters. The third-order valence-electron chi connectivity index (χ3n) is 2.66. The van der Waals surface area contributed by atoms with Crippen LogP contribution in [0.5, 0.6) is 0 Å². The lowest BCUT2D eigenvalue weighted by molar-refractivity contribution is -0.111. The number of halogens is 2. The summed E-state index contributed by atoms with van der Waals surface area (Å²) in [5.41, 5.74) is 1.90. The highest BCUT2D eigenvalue weighted by molar-refractivity contribution is 6.01. The van der Waals surface area contributed by atoms with E-state index in [-0.39, 0.29) is 5.69 Å². The average molecular weight is 273 g/mol. The van der Waals surface area contributed by atoms with Crippen LogP contribution in [0, 0.1) is 18.6 Å². The van der Waals surface area contributed by atoms with Crippen LogP contribution in [0.25, 0.3) is 6.08 Å². The third-order valence-corrected chi connectivity index (χ3v) is 2.66. The van der Waals surface area contributed by atoms with E-state index >= 15 is 0 Å². The summed E-state index contributed by atoms with van der Waals surface area (Å²) in [6.45, 7) is 1.95. The number of carbonyl (C=O) groups excluding carboxylic acids is 1. The van der Waals surface area contributed by atoms with E-state index in [0.29, 0.717) is 0 Å². The maximum absolute atomic E-state index is 13.3. The number of carbonyl (C=O) groups is 1. The van der Waals surface area contributed by atoms with Gasteiger partial charge in [-0.1, -0.05) is 29.8 Å². The Morgan fingerprint density at radius 3 is 2.65 bits per heavy atom. The van der Waals surface area contributed by atoms with Crippen LogP contribution in [0.2, 0.25) is 0 Å². The van der Waals surface area contributed by atoms with Gasteiger partial charge < -0.3 is 5.32 Å². The van der Waals surface area contributed by atoms with E-state index in [1.165, 1.54) is 12.1 Å². The number of aryl methyl sites for hydroxylation is 1. The minimum absolute atomic E-state index is 0.0507. The molecule has 2 rings (SSSR count). The zero-order valence-electron chi connectivity index (χ0n) is 10.9. The monoisotopic (exact) mass is 273 g/mol. The highest BCUT2D eigenvalue weighted by Crippen LogP contribution is 2.15. The standard InChI is InChI=1S/C16H13F2NO/c1-11-3-2-4-12(9-11)5-8-16(20)19-15-7-6-13(17)10-14(15)18/h2-10H,1H3,(H,19,20). The van der Waals surface area contributed by atoms with Gasteiger partial charge in [0, 0.05) is 12.1 Å². The molecule has 20 heavy (non-hydrogen) atoms. The van der Waals surface area contributed by atoms with Gasteiger partial charge in [-0.3, -0.25) is 4.79 Å². The van der Waals surface area contributed by atoms with Gasteiger partial charge in [0.15, 0.2) is 0 Å². The molecule has 0 aliphatic rings. The van der Waals surface area contributed by atoms with Crippen molar-refractivity contribution < 1.29 is 13.6 Å². The van der Waals surface area contributed by atoms with Crippen LogP contribution in [0.4, 0.5) is 14.5 Å². The first-order valence-electron chi connectivity index (χ1n) is 6.05. The van der Waals surface area contributed by atoms with Crippen LogP contribution in [0.3, 0.4) is 0 Å². The van der Waals surface area contributed by atoms with E-state index in [1.54, 1.807) is 6.08 Å². The van der Waals surface area contributed by atoms with E-state index in [9.17, 15) is 13.6 Å². The van der Waals surface area contributed by atoms with Gasteiger partial charge in [-0.2, -0.15) is 0 Å². The van der Waals surface area contributed by atoms with Gasteiger partial charge >= 0.3 is 0 Å². The molecule has 0 saturated carbocycles. The summed E-state index contributed by atoms with van der Waals surface area (Å²) < 4.78 is 26.1. The summed E-state index contributed by atoms with van der Waals surface area (Å²) in [6, 6.07) is 10.6. The Morgan fingerprint density at radius 2 is 1.95 bits per heavy atom. The van der Waals surface area contributed by atoms with Crippen LogP contribution in [0.15, 0.2) is 48.5 Å². The smallest absolute Gasteiger partial charge is 0.248 e. The Kier molecular flexibility index (Phi) is 4.25. The second-order valence-corrected chi connectivity index (χ2v) is 4.36. The van der Waals surface area contributed by atoms with E-state index in [1.807, 2.05) is 31.2 Å². The van der Waals surface area contributed by atoms with E-state index in [2.05, 4.69) is 5.32 Å². The van der Waals surface area contributed by atoms with Gasteiger partial charge in [0.25, 0.3) is 0 Å². The molecule has 1 amide bonds. The highest BCUT2D eigenvalue weighted by atomic mass is 19.1. The van der Waals surface area contributed by atoms with Crippen molar-refractivity contribution in [2.45, 2.75) is 6.92 Å². The number of hydrogen-bond acceptors (Lipinski definition) is 1. The first-order chi connectivity index (χ1) is 9.54. The van der Waals surface area contributed by atoms with Crippen molar-refractivity contribution in [3.05, 3.63) is 71.3 Å². The Hall–Kier alpha value is -2.49. The van der Waals surface area contributed by atoms with Gasteiger partial charge in [0.05, 0.1) is 5.69 Å². The second-order valence-electron chi connectivity index (χ2n) is 4.36. The van der Waals surface area contributed by atoms with Gasteiger partial charge in [0.2, 0.25) is 5.91 Å². The molecule has 0 radical (unpaired) electrons. The summed E-state index contributed by atoms with van der Waals surface area (Å²) in [6.07, 6.45) is 2.93. The van der Waals surface area contributed by atoms with Crippen molar-refractivity contribution in [2.24, 2.45) is 0 Å². The van der Waals surface area contributed by atoms with Crippen LogP contribution < -0.4 is 5.32 Å². The summed E-state index contributed by atoms with van der Waals surface area (Å²) in [7, 11) is 0. The van der Waals surface area contributed by atoms with E-state index in [4.69, 9.17) is 0 Å². The predicted molar refractivity (Wildman–Crippen MR) is 75.2 cm³/mol. The second kappa shape index (κ2) is 6.10. The van der Waals surface area contributed by atoms with Crippen LogP contribution >= 0.6 is 0 Å². The number of anilines is 1. The van der Waals surface area contributed by atoms with Crippen LogP contribution in [-0.2, 0) is 4.79 Å². The summed E-state index contributed by atoms with van der Waals surface area (Å²) in [4.78, 5) is 11.6. The lowest BCUT2D eigenvalue weighted by Gasteiger charge is -2.03. The zero-order valence-corrected chi connectivity index (χ0v) is 10.9. The molecule has 0 saturated heterocycles. The maximum Gasteiger partial charge on any atom is 0.248 e. The van der Waals surface area contributed by atoms with Crippen molar-refractivity contribution in [1.82, 2.24) is 0 Å². The Balaban J connectivity index is 2.05. The third kappa shape index (κ3) is 3.75. The molecule has 102 valence electrons. The normalized spacial score (nSPS) is 10.8. The van der Waals surface area contributed by atoms with Gasteiger partial charge in [-0.15, -0.1) is 0 Å². The fraction of sp³-hybridized carbons (Fsp3) is 0.0625. The average Bonchev–Trinajstić information content (AvgIpc) is 2.40. The first kappa shape index (κ1) is 13.9. The molecule has 0 aliphatic heterocycles. The molecule has 2 aromatic carbocycles. The number of benzene rings is 2. The Labute approximate surface area is 115 Å². The van der Waals surface area contributed by atoms with Gasteiger partial charge in [-0.25, -0.2) is 8.78 Å². The minimum Gasteiger partial charge on any atom is -0.320 e. The number of hydrogen-bond donors (Lipinski definition) is 1. The molecule has 0 aliphatic carbocycles. The number of rotatable bonds is 3. The fourth-order valence-corrected chi connectivity index (χ4v) is 1.71. The lowest BCUT2D eigenvalue weighted by atomic mass is 10.1. The SMILES string of the molecule is Cc1cccc(C=CC(=O)Nc2ccc(F)cc2F)c1. The first-order valence-corrected chi connectivity index (χ1v) is 6.05. The molecule has 4 heteroatoms. The van der Waals surface area contributed by atoms with Gasteiger partial charge in [-0.05, 0) is 30.7 Å². The Bertz CT molecular complexity index is 665. The molecule has 2 nitrogen and oxygen atoms in total. The van der Waals surface area contributed by atoms with Crippen molar-refractivity contribution >= 4 is 17.7 Å². The van der Waals surface area contributed by atoms with Crippen molar-refractivity contribution in [3.63, 3.8) is 0 Å². The largest absolute Gasteiger partial charge is 0.320 e. The molecule has 1 N–H and O–H groups in total. The van der Waals surface area contributed by atoms with E-state index in [0.717, 1.165) is 23.3 Å². The van der Waals surface area contributed by atoms with Crippen molar-refractivity contribution in [1.29, 1.82) is 0 Å². The highest BCUT2D eigenvalue weighted by Gasteiger charge is 2.05. The van der Waals surface area contributed by atoms with Crippen molar-refractivity contribution in [2.75, 3.05) is 5.32 Å². The molecule has 0 spiro atoms. The molecule has 2 aromatic rings. The minimum atomic E-state index is -0.803. The predicted octanol–water partition coefficient (Wildman–Crippen LogP) is 3.93. The maximum atomic E-state index is 13.3. The zero-order chi connectivity index (χ0) is 14.5. The molecule has 0 heterocycles. The molecule has 0 bridgehead atoms. The van der Waals surface area contributed by atoms with E-state index < -0.39 is 17.5 Å². The molecule has 0 aromatic heterocycles. The number of amides is 1. The summed E-state index contributed by atoms with van der Waals surface area (Å²) in [5, 5.41) is 2.35. The topological polar surface area (TPSA) is 29.1 Å². The van der Waals surface area contributed by atoms with Crippen LogP contribution in [0.1, 0.15) is 11.1 Å². The Morgan fingerprint density at radius 1 is 1.15 bits per heavy atom. The molecular formula is C16H13F2NO. The van der Waals surface area contributed by atoms with Crippen LogP contribution in [-0.4, -0.2) is 5.91 Å². The molecular weight excluding hydrogens is 260 g/mol. The summed E-state index contributed by atoms with van der Waals surface area (Å²) >= 11 is 0. The van der Waals surface area contributed by atoms with Crippen molar-refractivity contribution in [3.8, 4) is 0 Å².